The molecule has 4 heterocycles. The number of halogens is 1. The molecule has 0 aliphatic carbocycles. The largest absolute Gasteiger partial charge is 0.485 e. The maximum Gasteiger partial charge on any atom is 0.258 e. The van der Waals surface area contributed by atoms with Crippen molar-refractivity contribution in [2.75, 3.05) is 25.6 Å². The van der Waals surface area contributed by atoms with Crippen LogP contribution in [0.25, 0.3) is 11.4 Å². The number of pyridine rings is 1. The molecule has 13 heteroatoms. The van der Waals surface area contributed by atoms with Gasteiger partial charge in [-0.05, 0) is 26.8 Å². The normalized spacial score (nSPS) is 15.3. The standard InChI is InChI=1S/C22H27ClN6O5S/c1-4-32-11-16-12-33-20-17(5-7-24-22(20)34-14(2)3)21-28-27-19(29(16)21)13-35(30,31)8-6-18-25-9-15(23)10-26-18/h5,7,9-10,14,16H,4,6,8,11-13H2,1-3H3/t16-/m0/s1. The van der Waals surface area contributed by atoms with Gasteiger partial charge in [-0.2, -0.15) is 0 Å². The molecule has 0 bridgehead atoms. The van der Waals surface area contributed by atoms with Crippen molar-refractivity contribution in [3.05, 3.63) is 41.3 Å². The topological polar surface area (TPSA) is 131 Å². The first-order chi connectivity index (χ1) is 16.8. The van der Waals surface area contributed by atoms with Crippen LogP contribution in [-0.4, -0.2) is 69.8 Å². The van der Waals surface area contributed by atoms with Gasteiger partial charge in [-0.15, -0.1) is 10.2 Å². The van der Waals surface area contributed by atoms with E-state index in [4.69, 9.17) is 25.8 Å². The van der Waals surface area contributed by atoms with E-state index in [0.717, 1.165) is 0 Å². The Morgan fingerprint density at radius 2 is 2.00 bits per heavy atom. The first kappa shape index (κ1) is 25.3. The van der Waals surface area contributed by atoms with Gasteiger partial charge in [-0.25, -0.2) is 23.4 Å². The van der Waals surface area contributed by atoms with Gasteiger partial charge in [0, 0.05) is 31.6 Å². The maximum atomic E-state index is 13.0. The number of fused-ring (bicyclic) bond motifs is 3. The minimum absolute atomic E-state index is 0.108. The molecule has 3 aromatic rings. The minimum atomic E-state index is -3.56. The Hall–Kier alpha value is -2.83. The van der Waals surface area contributed by atoms with Crippen LogP contribution in [0.3, 0.4) is 0 Å². The zero-order chi connectivity index (χ0) is 25.0. The number of ether oxygens (including phenoxy) is 3. The van der Waals surface area contributed by atoms with E-state index in [1.165, 1.54) is 12.4 Å². The molecule has 0 aromatic carbocycles. The third-order valence-electron chi connectivity index (χ3n) is 5.19. The number of aryl methyl sites for hydroxylation is 1. The SMILES string of the molecule is CCOC[C@H]1COc2c(ccnc2OC(C)C)-c2nnc(CS(=O)(=O)CCc3ncc(Cl)cn3)n21. The van der Waals surface area contributed by atoms with Crippen LogP contribution in [0, 0.1) is 0 Å². The van der Waals surface area contributed by atoms with Crippen molar-refractivity contribution in [2.45, 2.75) is 45.1 Å². The van der Waals surface area contributed by atoms with E-state index >= 15 is 0 Å². The van der Waals surface area contributed by atoms with Gasteiger partial charge < -0.3 is 18.8 Å². The summed E-state index contributed by atoms with van der Waals surface area (Å²) in [6.45, 7) is 6.70. The molecule has 4 rings (SSSR count). The average Bonchev–Trinajstić information content (AvgIpc) is 3.13. The van der Waals surface area contributed by atoms with Crippen LogP contribution in [-0.2, 0) is 26.7 Å². The third-order valence-corrected chi connectivity index (χ3v) is 6.90. The lowest BCUT2D eigenvalue weighted by atomic mass is 10.2. The molecule has 0 unspecified atom stereocenters. The highest BCUT2D eigenvalue weighted by atomic mass is 35.5. The Balaban J connectivity index is 1.65. The van der Waals surface area contributed by atoms with Crippen LogP contribution >= 0.6 is 11.6 Å². The number of sulfone groups is 1. The van der Waals surface area contributed by atoms with E-state index in [-0.39, 0.29) is 36.7 Å². The van der Waals surface area contributed by atoms with Crippen molar-refractivity contribution in [1.82, 2.24) is 29.7 Å². The van der Waals surface area contributed by atoms with E-state index in [1.807, 2.05) is 20.8 Å². The first-order valence-corrected chi connectivity index (χ1v) is 13.4. The molecule has 188 valence electrons. The lowest BCUT2D eigenvalue weighted by molar-refractivity contribution is 0.0906. The van der Waals surface area contributed by atoms with Crippen molar-refractivity contribution < 1.29 is 22.6 Å². The molecule has 0 saturated carbocycles. The summed E-state index contributed by atoms with van der Waals surface area (Å²) in [5.41, 5.74) is 0.625. The fraction of sp³-hybridized carbons (Fsp3) is 0.500. The zero-order valence-electron chi connectivity index (χ0n) is 19.7. The Morgan fingerprint density at radius 3 is 2.71 bits per heavy atom. The fourth-order valence-electron chi connectivity index (χ4n) is 3.66. The molecule has 0 radical (unpaired) electrons. The average molecular weight is 523 g/mol. The summed E-state index contributed by atoms with van der Waals surface area (Å²) >= 11 is 5.80. The molecule has 0 spiro atoms. The highest BCUT2D eigenvalue weighted by Crippen LogP contribution is 2.40. The predicted molar refractivity (Wildman–Crippen MR) is 128 cm³/mol. The zero-order valence-corrected chi connectivity index (χ0v) is 21.3. The molecule has 0 fully saturated rings. The van der Waals surface area contributed by atoms with Gasteiger partial charge in [0.25, 0.3) is 5.88 Å². The molecule has 1 atom stereocenters. The Morgan fingerprint density at radius 1 is 1.23 bits per heavy atom. The smallest absolute Gasteiger partial charge is 0.258 e. The van der Waals surface area contributed by atoms with Crippen LogP contribution in [0.5, 0.6) is 11.6 Å². The van der Waals surface area contributed by atoms with Crippen LogP contribution in [0.1, 0.15) is 38.5 Å². The van der Waals surface area contributed by atoms with Gasteiger partial charge in [0.1, 0.15) is 24.0 Å². The monoisotopic (exact) mass is 522 g/mol. The second kappa shape index (κ2) is 10.8. The summed E-state index contributed by atoms with van der Waals surface area (Å²) < 4.78 is 45.4. The molecular formula is C22H27ClN6O5S. The second-order valence-corrected chi connectivity index (χ2v) is 10.9. The van der Waals surface area contributed by atoms with Crippen LogP contribution in [0.2, 0.25) is 5.02 Å². The van der Waals surface area contributed by atoms with Gasteiger partial charge >= 0.3 is 0 Å². The summed E-state index contributed by atoms with van der Waals surface area (Å²) in [5.74, 6) is 1.54. The van der Waals surface area contributed by atoms with Crippen LogP contribution in [0.4, 0.5) is 0 Å². The van der Waals surface area contributed by atoms with E-state index < -0.39 is 9.84 Å². The summed E-state index contributed by atoms with van der Waals surface area (Å²) in [7, 11) is -3.56. The van der Waals surface area contributed by atoms with Gasteiger partial charge in [-0.1, -0.05) is 11.6 Å². The van der Waals surface area contributed by atoms with E-state index in [0.29, 0.717) is 52.9 Å². The van der Waals surface area contributed by atoms with Crippen LogP contribution < -0.4 is 9.47 Å². The number of hydrogen-bond acceptors (Lipinski definition) is 10. The van der Waals surface area contributed by atoms with Gasteiger partial charge in [0.15, 0.2) is 21.4 Å². The first-order valence-electron chi connectivity index (χ1n) is 11.2. The lowest BCUT2D eigenvalue weighted by Crippen LogP contribution is -2.25. The van der Waals surface area contributed by atoms with Crippen LogP contribution in [0.15, 0.2) is 24.7 Å². The van der Waals surface area contributed by atoms with E-state index in [9.17, 15) is 8.42 Å². The molecule has 3 aromatic heterocycles. The van der Waals surface area contributed by atoms with E-state index in [2.05, 4.69) is 25.1 Å². The molecule has 0 amide bonds. The Bertz CT molecular complexity index is 1270. The van der Waals surface area contributed by atoms with E-state index in [1.54, 1.807) is 16.8 Å². The molecule has 1 aliphatic rings. The number of hydrogen-bond donors (Lipinski definition) is 0. The molecular weight excluding hydrogens is 496 g/mol. The minimum Gasteiger partial charge on any atom is -0.485 e. The molecule has 35 heavy (non-hydrogen) atoms. The second-order valence-electron chi connectivity index (χ2n) is 8.25. The molecule has 0 saturated heterocycles. The highest BCUT2D eigenvalue weighted by molar-refractivity contribution is 7.90. The maximum absolute atomic E-state index is 13.0. The quantitative estimate of drug-likeness (QED) is 0.391. The van der Waals surface area contributed by atoms with Crippen molar-refractivity contribution in [3.63, 3.8) is 0 Å². The molecule has 0 N–H and O–H groups in total. The van der Waals surface area contributed by atoms with Gasteiger partial charge in [-0.3, -0.25) is 0 Å². The number of aromatic nitrogens is 6. The summed E-state index contributed by atoms with van der Waals surface area (Å²) in [4.78, 5) is 12.4. The lowest BCUT2D eigenvalue weighted by Gasteiger charge is -2.19. The fourth-order valence-corrected chi connectivity index (χ4v) is 4.98. The van der Waals surface area contributed by atoms with Gasteiger partial charge in [0.05, 0.1) is 35.1 Å². The number of rotatable bonds is 10. The van der Waals surface area contributed by atoms with Crippen molar-refractivity contribution in [2.24, 2.45) is 0 Å². The third kappa shape index (κ3) is 6.06. The van der Waals surface area contributed by atoms with Crippen molar-refractivity contribution >= 4 is 21.4 Å². The van der Waals surface area contributed by atoms with Gasteiger partial charge in [0.2, 0.25) is 0 Å². The molecule has 11 nitrogen and oxygen atoms in total. The highest BCUT2D eigenvalue weighted by Gasteiger charge is 2.32. The number of nitrogens with zero attached hydrogens (tertiary/aromatic N) is 6. The molecule has 1 aliphatic heterocycles. The summed E-state index contributed by atoms with van der Waals surface area (Å²) in [6, 6.07) is 1.41. The predicted octanol–water partition coefficient (Wildman–Crippen LogP) is 2.70. The Labute approximate surface area is 208 Å². The summed E-state index contributed by atoms with van der Waals surface area (Å²) in [5, 5.41) is 8.98. The Kier molecular flexibility index (Phi) is 7.82. The van der Waals surface area contributed by atoms with Crippen molar-refractivity contribution in [1.29, 1.82) is 0 Å². The van der Waals surface area contributed by atoms with Crippen molar-refractivity contribution in [3.8, 4) is 23.0 Å². The summed E-state index contributed by atoms with van der Waals surface area (Å²) in [6.07, 6.45) is 4.54.